The molecule has 1 aromatic carbocycles. The fourth-order valence-corrected chi connectivity index (χ4v) is 2.51. The maximum Gasteiger partial charge on any atom is 0.416 e. The Balaban J connectivity index is 2.40. The Kier molecular flexibility index (Phi) is 3.36. The maximum absolute atomic E-state index is 12.9. The van der Waals surface area contributed by atoms with E-state index in [1.54, 1.807) is 0 Å². The third-order valence-electron chi connectivity index (χ3n) is 3.52. The summed E-state index contributed by atoms with van der Waals surface area (Å²) < 4.78 is 41.0. The Morgan fingerprint density at radius 3 is 2.65 bits per heavy atom. The number of rotatable bonds is 1. The molecule has 2 aromatic heterocycles. The van der Waals surface area contributed by atoms with Crippen LogP contribution in [-0.2, 0) is 13.2 Å². The summed E-state index contributed by atoms with van der Waals surface area (Å²) in [6.07, 6.45) is -3.17. The molecule has 2 heterocycles. The third-order valence-corrected chi connectivity index (χ3v) is 3.82. The zero-order chi connectivity index (χ0) is 16.9. The largest absolute Gasteiger partial charge is 0.416 e. The number of fused-ring (bicyclic) bond motifs is 1. The summed E-state index contributed by atoms with van der Waals surface area (Å²) in [7, 11) is 1.48. The highest BCUT2D eigenvalue weighted by Gasteiger charge is 2.31. The molecule has 0 aliphatic rings. The first kappa shape index (κ1) is 15.4. The van der Waals surface area contributed by atoms with Crippen LogP contribution in [0.25, 0.3) is 16.7 Å². The van der Waals surface area contributed by atoms with E-state index in [9.17, 15) is 18.0 Å². The molecule has 0 saturated heterocycles. The molecule has 3 aromatic rings. The molecule has 0 fully saturated rings. The highest BCUT2D eigenvalue weighted by atomic mass is 35.5. The summed E-state index contributed by atoms with van der Waals surface area (Å²) in [5.41, 5.74) is 5.13. The summed E-state index contributed by atoms with van der Waals surface area (Å²) in [4.78, 5) is 16.3. The Labute approximate surface area is 132 Å². The third kappa shape index (κ3) is 2.35. The van der Waals surface area contributed by atoms with Crippen molar-refractivity contribution in [2.24, 2.45) is 7.05 Å². The minimum absolute atomic E-state index is 0.0242. The fourth-order valence-electron chi connectivity index (χ4n) is 2.37. The highest BCUT2D eigenvalue weighted by molar-refractivity contribution is 6.33. The van der Waals surface area contributed by atoms with E-state index in [0.717, 1.165) is 16.7 Å². The summed E-state index contributed by atoms with van der Waals surface area (Å²) in [5.74, 6) is 0. The van der Waals surface area contributed by atoms with Crippen molar-refractivity contribution in [1.82, 2.24) is 14.1 Å². The van der Waals surface area contributed by atoms with Crippen LogP contribution in [-0.4, -0.2) is 14.1 Å². The first-order chi connectivity index (χ1) is 10.7. The minimum atomic E-state index is -4.52. The summed E-state index contributed by atoms with van der Waals surface area (Å²) in [6, 6.07) is 4.43. The van der Waals surface area contributed by atoms with Gasteiger partial charge in [0, 0.05) is 7.05 Å². The van der Waals surface area contributed by atoms with Gasteiger partial charge in [0.05, 0.1) is 28.7 Å². The fraction of sp³-hybridized carbons (Fsp3) is 0.143. The van der Waals surface area contributed by atoms with E-state index < -0.39 is 17.4 Å². The number of nitrogens with two attached hydrogens (primary N) is 1. The predicted octanol–water partition coefficient (Wildman–Crippen LogP) is 2.98. The molecule has 0 spiro atoms. The number of aromatic nitrogens is 3. The van der Waals surface area contributed by atoms with Crippen LogP contribution >= 0.6 is 11.6 Å². The second-order valence-electron chi connectivity index (χ2n) is 4.92. The quantitative estimate of drug-likeness (QED) is 0.691. The summed E-state index contributed by atoms with van der Waals surface area (Å²) in [5, 5.41) is -0.0242. The van der Waals surface area contributed by atoms with Gasteiger partial charge in [0.25, 0.3) is 0 Å². The van der Waals surface area contributed by atoms with Crippen LogP contribution in [0, 0.1) is 0 Å². The lowest BCUT2D eigenvalue weighted by Gasteiger charge is -2.10. The van der Waals surface area contributed by atoms with Gasteiger partial charge in [0.1, 0.15) is 5.52 Å². The predicted molar refractivity (Wildman–Crippen MR) is 80.7 cm³/mol. The molecule has 0 unspecified atom stereocenters. The van der Waals surface area contributed by atoms with Crippen molar-refractivity contribution in [1.29, 1.82) is 0 Å². The van der Waals surface area contributed by atoms with Crippen molar-refractivity contribution in [3.05, 3.63) is 51.7 Å². The molecule has 0 aliphatic carbocycles. The van der Waals surface area contributed by atoms with Gasteiger partial charge < -0.3 is 5.73 Å². The molecular formula is C14H10ClF3N4O. The second kappa shape index (κ2) is 5.02. The van der Waals surface area contributed by atoms with E-state index in [0.29, 0.717) is 5.52 Å². The van der Waals surface area contributed by atoms with Gasteiger partial charge in [-0.2, -0.15) is 13.2 Å². The molecule has 0 aliphatic heterocycles. The van der Waals surface area contributed by atoms with Crippen molar-refractivity contribution in [2.75, 3.05) is 5.73 Å². The van der Waals surface area contributed by atoms with E-state index in [-0.39, 0.29) is 22.0 Å². The van der Waals surface area contributed by atoms with Crippen molar-refractivity contribution in [3.63, 3.8) is 0 Å². The minimum Gasteiger partial charge on any atom is -0.394 e. The molecule has 2 N–H and O–H groups in total. The van der Waals surface area contributed by atoms with E-state index in [1.165, 1.54) is 29.9 Å². The lowest BCUT2D eigenvalue weighted by Crippen LogP contribution is -2.21. The first-order valence-corrected chi connectivity index (χ1v) is 6.78. The van der Waals surface area contributed by atoms with E-state index in [1.807, 2.05) is 0 Å². The number of benzene rings is 1. The standard InChI is InChI=1S/C14H10ClF3N4O/c1-21-9-6-20-12(15)10(19)11(9)22(13(21)23)8-4-2-3-7(5-8)14(16,17)18/h2-6H,19H2,1H3. The number of hydrogen-bond acceptors (Lipinski definition) is 3. The first-order valence-electron chi connectivity index (χ1n) is 6.41. The Morgan fingerprint density at radius 1 is 1.30 bits per heavy atom. The Bertz CT molecular complexity index is 975. The van der Waals surface area contributed by atoms with Crippen molar-refractivity contribution in [3.8, 4) is 5.69 Å². The van der Waals surface area contributed by atoms with Gasteiger partial charge in [0.15, 0.2) is 5.15 Å². The topological polar surface area (TPSA) is 65.8 Å². The SMILES string of the molecule is Cn1c(=O)n(-c2cccc(C(F)(F)F)c2)c2c(N)c(Cl)ncc21. The molecule has 0 saturated carbocycles. The number of halogens is 4. The molecule has 0 atom stereocenters. The number of imidazole rings is 1. The zero-order valence-corrected chi connectivity index (χ0v) is 12.5. The average molecular weight is 343 g/mol. The molecule has 9 heteroatoms. The lowest BCUT2D eigenvalue weighted by atomic mass is 10.2. The molecule has 23 heavy (non-hydrogen) atoms. The van der Waals surface area contributed by atoms with Gasteiger partial charge in [-0.15, -0.1) is 0 Å². The summed E-state index contributed by atoms with van der Waals surface area (Å²) >= 11 is 5.87. The van der Waals surface area contributed by atoms with E-state index in [2.05, 4.69) is 4.98 Å². The van der Waals surface area contributed by atoms with Gasteiger partial charge in [-0.1, -0.05) is 17.7 Å². The number of anilines is 1. The molecule has 0 amide bonds. The van der Waals surface area contributed by atoms with Gasteiger partial charge in [-0.05, 0) is 18.2 Å². The van der Waals surface area contributed by atoms with Crippen LogP contribution in [0.3, 0.4) is 0 Å². The Hall–Kier alpha value is -2.48. The maximum atomic E-state index is 12.9. The zero-order valence-electron chi connectivity index (χ0n) is 11.7. The summed E-state index contributed by atoms with van der Waals surface area (Å²) in [6.45, 7) is 0. The van der Waals surface area contributed by atoms with Crippen LogP contribution in [0.1, 0.15) is 5.56 Å². The monoisotopic (exact) mass is 342 g/mol. The van der Waals surface area contributed by atoms with Crippen molar-refractivity contribution >= 4 is 28.3 Å². The van der Waals surface area contributed by atoms with Gasteiger partial charge in [-0.3, -0.25) is 9.13 Å². The van der Waals surface area contributed by atoms with E-state index >= 15 is 0 Å². The van der Waals surface area contributed by atoms with Crippen LogP contribution in [0.2, 0.25) is 5.15 Å². The molecule has 0 bridgehead atoms. The number of pyridine rings is 1. The van der Waals surface area contributed by atoms with Gasteiger partial charge in [-0.25, -0.2) is 9.78 Å². The molecule has 3 rings (SSSR count). The average Bonchev–Trinajstić information content (AvgIpc) is 2.75. The number of alkyl halides is 3. The second-order valence-corrected chi connectivity index (χ2v) is 5.28. The smallest absolute Gasteiger partial charge is 0.394 e. The molecular weight excluding hydrogens is 333 g/mol. The Morgan fingerprint density at radius 2 is 2.00 bits per heavy atom. The van der Waals surface area contributed by atoms with Crippen LogP contribution in [0.5, 0.6) is 0 Å². The highest BCUT2D eigenvalue weighted by Crippen LogP contribution is 2.32. The van der Waals surface area contributed by atoms with Crippen molar-refractivity contribution < 1.29 is 13.2 Å². The number of nitrogens with zero attached hydrogens (tertiary/aromatic N) is 3. The van der Waals surface area contributed by atoms with Gasteiger partial charge in [0.2, 0.25) is 0 Å². The van der Waals surface area contributed by atoms with Gasteiger partial charge >= 0.3 is 11.9 Å². The molecule has 5 nitrogen and oxygen atoms in total. The van der Waals surface area contributed by atoms with Crippen LogP contribution in [0.15, 0.2) is 35.3 Å². The number of aryl methyl sites for hydroxylation is 1. The molecule has 0 radical (unpaired) electrons. The van der Waals surface area contributed by atoms with Crippen LogP contribution < -0.4 is 11.4 Å². The number of hydrogen-bond donors (Lipinski definition) is 1. The van der Waals surface area contributed by atoms with Crippen molar-refractivity contribution in [2.45, 2.75) is 6.18 Å². The number of nitrogen functional groups attached to an aromatic ring is 1. The van der Waals surface area contributed by atoms with Crippen LogP contribution in [0.4, 0.5) is 18.9 Å². The molecule has 120 valence electrons. The van der Waals surface area contributed by atoms with E-state index in [4.69, 9.17) is 17.3 Å². The normalized spacial score (nSPS) is 12.0. The lowest BCUT2D eigenvalue weighted by molar-refractivity contribution is -0.137.